The van der Waals surface area contributed by atoms with E-state index in [9.17, 15) is 13.2 Å². The number of hydrogen-bond donors (Lipinski definition) is 1. The maximum Gasteiger partial charge on any atom is 0.244 e. The van der Waals surface area contributed by atoms with Crippen molar-refractivity contribution in [1.29, 1.82) is 0 Å². The molecule has 6 nitrogen and oxygen atoms in total. The lowest BCUT2D eigenvalue weighted by atomic mass is 10.1. The fourth-order valence-corrected chi connectivity index (χ4v) is 5.60. The molecule has 3 rings (SSSR count). The van der Waals surface area contributed by atoms with Crippen LogP contribution >= 0.6 is 0 Å². The van der Waals surface area contributed by atoms with Gasteiger partial charge in [-0.2, -0.15) is 0 Å². The third-order valence-corrected chi connectivity index (χ3v) is 7.07. The summed E-state index contributed by atoms with van der Waals surface area (Å²) in [5.74, 6) is -0.293. The van der Waals surface area contributed by atoms with Crippen molar-refractivity contribution in [3.05, 3.63) is 64.7 Å². The Kier molecular flexibility index (Phi) is 7.96. The average Bonchev–Trinajstić information content (AvgIpc) is 3.22. The van der Waals surface area contributed by atoms with Crippen LogP contribution in [0.5, 0.6) is 0 Å². The number of carbonyl (C=O) groups excluding carboxylic acids is 1. The van der Waals surface area contributed by atoms with Crippen LogP contribution < -0.4 is 9.62 Å². The quantitative estimate of drug-likeness (QED) is 0.623. The Morgan fingerprint density at radius 2 is 1.59 bits per heavy atom. The summed E-state index contributed by atoms with van der Waals surface area (Å²) in [5.41, 5.74) is 4.70. The molecule has 0 spiro atoms. The molecule has 1 saturated heterocycles. The van der Waals surface area contributed by atoms with Crippen LogP contribution in [0.25, 0.3) is 0 Å². The van der Waals surface area contributed by atoms with Gasteiger partial charge in [-0.25, -0.2) is 8.42 Å². The van der Waals surface area contributed by atoms with Crippen molar-refractivity contribution in [3.63, 3.8) is 0 Å². The highest BCUT2D eigenvalue weighted by molar-refractivity contribution is 7.92. The van der Waals surface area contributed by atoms with Gasteiger partial charge in [0.1, 0.15) is 6.04 Å². The fourth-order valence-electron chi connectivity index (χ4n) is 4.41. The predicted octanol–water partition coefficient (Wildman–Crippen LogP) is 3.76. The summed E-state index contributed by atoms with van der Waals surface area (Å²) in [4.78, 5) is 15.5. The number of sulfonamides is 1. The summed E-state index contributed by atoms with van der Waals surface area (Å²) in [5, 5.41) is 2.94. The van der Waals surface area contributed by atoms with Gasteiger partial charge in [-0.05, 0) is 80.6 Å². The fraction of sp³-hybridized carbons (Fsp3) is 0.480. The van der Waals surface area contributed by atoms with Crippen LogP contribution in [0.3, 0.4) is 0 Å². The van der Waals surface area contributed by atoms with Crippen molar-refractivity contribution in [2.45, 2.75) is 59.2 Å². The second kappa shape index (κ2) is 10.5. The predicted molar refractivity (Wildman–Crippen MR) is 130 cm³/mol. The maximum absolute atomic E-state index is 13.1. The van der Waals surface area contributed by atoms with E-state index in [0.29, 0.717) is 18.7 Å². The van der Waals surface area contributed by atoms with Gasteiger partial charge < -0.3 is 5.32 Å². The van der Waals surface area contributed by atoms with Crippen LogP contribution in [0.2, 0.25) is 0 Å². The van der Waals surface area contributed by atoms with E-state index >= 15 is 0 Å². The third kappa shape index (κ3) is 6.33. The first kappa shape index (κ1) is 24.3. The number of carbonyl (C=O) groups is 1. The maximum atomic E-state index is 13.1. The Bertz CT molecular complexity index is 1010. The van der Waals surface area contributed by atoms with Crippen molar-refractivity contribution in [1.82, 2.24) is 10.2 Å². The van der Waals surface area contributed by atoms with E-state index < -0.39 is 16.1 Å². The SMILES string of the molecule is CCC(C(=O)NCc1ccc(CN2CCCC2)cc1)N(c1cc(C)cc(C)c1)S(C)(=O)=O. The van der Waals surface area contributed by atoms with Crippen molar-refractivity contribution in [2.24, 2.45) is 0 Å². The first-order valence-electron chi connectivity index (χ1n) is 11.3. The van der Waals surface area contributed by atoms with Gasteiger partial charge in [0.05, 0.1) is 11.9 Å². The number of aryl methyl sites for hydroxylation is 2. The van der Waals surface area contributed by atoms with Gasteiger partial charge >= 0.3 is 0 Å². The Labute approximate surface area is 192 Å². The first-order valence-corrected chi connectivity index (χ1v) is 13.2. The number of amides is 1. The molecule has 0 aromatic heterocycles. The molecule has 0 aliphatic carbocycles. The zero-order valence-electron chi connectivity index (χ0n) is 19.6. The summed E-state index contributed by atoms with van der Waals surface area (Å²) in [6.45, 7) is 9.32. The summed E-state index contributed by atoms with van der Waals surface area (Å²) < 4.78 is 26.6. The van der Waals surface area contributed by atoms with Gasteiger partial charge in [-0.3, -0.25) is 14.0 Å². The minimum absolute atomic E-state index is 0.293. The highest BCUT2D eigenvalue weighted by Gasteiger charge is 2.31. The monoisotopic (exact) mass is 457 g/mol. The number of likely N-dealkylation sites (tertiary alicyclic amines) is 1. The standard InChI is InChI=1S/C25H35N3O3S/c1-5-24(28(32(4,30)31)23-15-19(2)14-20(3)16-23)25(29)26-17-21-8-10-22(11-9-21)18-27-12-6-7-13-27/h8-11,14-16,24H,5-7,12-13,17-18H2,1-4H3,(H,26,29). The summed E-state index contributed by atoms with van der Waals surface area (Å²) in [7, 11) is -3.64. The third-order valence-electron chi connectivity index (χ3n) is 5.89. The molecular formula is C25H35N3O3S. The number of hydrogen-bond acceptors (Lipinski definition) is 4. The van der Waals surface area contributed by atoms with Gasteiger partial charge in [-0.1, -0.05) is 37.3 Å². The van der Waals surface area contributed by atoms with E-state index in [2.05, 4.69) is 22.3 Å². The van der Waals surface area contributed by atoms with Gasteiger partial charge in [0.15, 0.2) is 0 Å². The van der Waals surface area contributed by atoms with Crippen molar-refractivity contribution < 1.29 is 13.2 Å². The van der Waals surface area contributed by atoms with Crippen LogP contribution in [0.4, 0.5) is 5.69 Å². The first-order chi connectivity index (χ1) is 15.2. The molecule has 32 heavy (non-hydrogen) atoms. The Hall–Kier alpha value is -2.38. The topological polar surface area (TPSA) is 69.7 Å². The summed E-state index contributed by atoms with van der Waals surface area (Å²) in [6, 6.07) is 13.1. The van der Waals surface area contributed by atoms with E-state index in [4.69, 9.17) is 0 Å². The van der Waals surface area contributed by atoms with E-state index in [-0.39, 0.29) is 5.91 Å². The normalized spacial score (nSPS) is 15.5. The lowest BCUT2D eigenvalue weighted by molar-refractivity contribution is -0.122. The van der Waals surface area contributed by atoms with E-state index in [1.807, 2.05) is 51.1 Å². The largest absolute Gasteiger partial charge is 0.350 e. The molecule has 1 unspecified atom stereocenters. The molecular weight excluding hydrogens is 422 g/mol. The summed E-state index contributed by atoms with van der Waals surface area (Å²) >= 11 is 0. The van der Waals surface area contributed by atoms with Crippen LogP contribution in [0, 0.1) is 13.8 Å². The average molecular weight is 458 g/mol. The molecule has 1 atom stereocenters. The molecule has 0 saturated carbocycles. The van der Waals surface area contributed by atoms with Crippen LogP contribution in [0.1, 0.15) is 48.4 Å². The zero-order valence-corrected chi connectivity index (χ0v) is 20.4. The molecule has 1 aliphatic heterocycles. The lowest BCUT2D eigenvalue weighted by Crippen LogP contribution is -2.49. The zero-order chi connectivity index (χ0) is 23.3. The molecule has 0 radical (unpaired) electrons. The lowest BCUT2D eigenvalue weighted by Gasteiger charge is -2.30. The van der Waals surface area contributed by atoms with Crippen molar-refractivity contribution in [2.75, 3.05) is 23.7 Å². The number of rotatable bonds is 9. The Morgan fingerprint density at radius 1 is 1.03 bits per heavy atom. The van der Waals surface area contributed by atoms with Crippen LogP contribution in [-0.2, 0) is 27.9 Å². The van der Waals surface area contributed by atoms with E-state index in [0.717, 1.165) is 42.6 Å². The molecule has 0 bridgehead atoms. The minimum Gasteiger partial charge on any atom is -0.350 e. The molecule has 1 heterocycles. The Morgan fingerprint density at radius 3 is 2.12 bits per heavy atom. The molecule has 2 aromatic rings. The molecule has 2 aromatic carbocycles. The second-order valence-electron chi connectivity index (χ2n) is 8.85. The number of benzene rings is 2. The second-order valence-corrected chi connectivity index (χ2v) is 10.7. The highest BCUT2D eigenvalue weighted by atomic mass is 32.2. The molecule has 1 aliphatic rings. The molecule has 1 amide bonds. The summed E-state index contributed by atoms with van der Waals surface area (Å²) in [6.07, 6.45) is 4.07. The van der Waals surface area contributed by atoms with Crippen molar-refractivity contribution >= 4 is 21.6 Å². The van der Waals surface area contributed by atoms with Crippen LogP contribution in [0.15, 0.2) is 42.5 Å². The highest BCUT2D eigenvalue weighted by Crippen LogP contribution is 2.25. The molecule has 174 valence electrons. The number of nitrogens with one attached hydrogen (secondary N) is 1. The van der Waals surface area contributed by atoms with Gasteiger partial charge in [-0.15, -0.1) is 0 Å². The molecule has 1 N–H and O–H groups in total. The Balaban J connectivity index is 1.69. The number of nitrogens with zero attached hydrogens (tertiary/aromatic N) is 2. The van der Waals surface area contributed by atoms with Gasteiger partial charge in [0.2, 0.25) is 15.9 Å². The smallest absolute Gasteiger partial charge is 0.244 e. The van der Waals surface area contributed by atoms with Gasteiger partial charge in [0.25, 0.3) is 0 Å². The van der Waals surface area contributed by atoms with Crippen molar-refractivity contribution in [3.8, 4) is 0 Å². The minimum atomic E-state index is -3.64. The van der Waals surface area contributed by atoms with Crippen LogP contribution in [-0.4, -0.2) is 44.6 Å². The van der Waals surface area contributed by atoms with Gasteiger partial charge in [0, 0.05) is 13.1 Å². The van der Waals surface area contributed by atoms with E-state index in [1.165, 1.54) is 22.7 Å². The number of anilines is 1. The molecule has 1 fully saturated rings. The van der Waals surface area contributed by atoms with E-state index in [1.54, 1.807) is 0 Å². The molecule has 7 heteroatoms.